The summed E-state index contributed by atoms with van der Waals surface area (Å²) in [7, 11) is 0. The van der Waals surface area contributed by atoms with E-state index in [4.69, 9.17) is 4.74 Å². The van der Waals surface area contributed by atoms with Crippen LogP contribution in [0.3, 0.4) is 0 Å². The second-order valence-corrected chi connectivity index (χ2v) is 4.19. The zero-order chi connectivity index (χ0) is 11.7. The fourth-order valence-electron chi connectivity index (χ4n) is 1.73. The van der Waals surface area contributed by atoms with E-state index in [2.05, 4.69) is 5.10 Å². The van der Waals surface area contributed by atoms with Crippen molar-refractivity contribution in [2.45, 2.75) is 33.2 Å². The summed E-state index contributed by atoms with van der Waals surface area (Å²) in [5.41, 5.74) is 0.613. The summed E-state index contributed by atoms with van der Waals surface area (Å²) in [6.45, 7) is 4.43. The monoisotopic (exact) mass is 224 g/mol. The second-order valence-electron chi connectivity index (χ2n) is 4.19. The summed E-state index contributed by atoms with van der Waals surface area (Å²) in [5, 5.41) is 2.68. The first kappa shape index (κ1) is 11.0. The molecule has 0 bridgehead atoms. The van der Waals surface area contributed by atoms with Crippen LogP contribution in [-0.4, -0.2) is 22.4 Å². The van der Waals surface area contributed by atoms with Crippen molar-refractivity contribution in [2.24, 2.45) is 5.92 Å². The minimum atomic E-state index is -0.418. The fourth-order valence-corrected chi connectivity index (χ4v) is 1.73. The summed E-state index contributed by atoms with van der Waals surface area (Å²) in [4.78, 5) is 23.2. The molecule has 0 radical (unpaired) electrons. The molecule has 1 aromatic heterocycles. The number of nitrogens with one attached hydrogen (secondary N) is 1. The quantitative estimate of drug-likeness (QED) is 0.778. The van der Waals surface area contributed by atoms with Crippen LogP contribution in [0.15, 0.2) is 4.79 Å². The van der Waals surface area contributed by atoms with E-state index < -0.39 is 5.97 Å². The summed E-state index contributed by atoms with van der Waals surface area (Å²) in [6, 6.07) is 0. The summed E-state index contributed by atoms with van der Waals surface area (Å²) >= 11 is 0. The third-order valence-electron chi connectivity index (χ3n) is 2.81. The van der Waals surface area contributed by atoms with Gasteiger partial charge in [-0.25, -0.2) is 4.79 Å². The van der Waals surface area contributed by atoms with Crippen LogP contribution in [0.1, 0.15) is 35.8 Å². The van der Waals surface area contributed by atoms with Gasteiger partial charge in [0.15, 0.2) is 5.69 Å². The molecular formula is C11H16N2O3. The topological polar surface area (TPSA) is 64.1 Å². The molecule has 0 amide bonds. The van der Waals surface area contributed by atoms with Crippen LogP contribution in [0.5, 0.6) is 0 Å². The predicted octanol–water partition coefficient (Wildman–Crippen LogP) is 1.07. The lowest BCUT2D eigenvalue weighted by Gasteiger charge is -2.07. The van der Waals surface area contributed by atoms with E-state index >= 15 is 0 Å². The molecule has 1 aliphatic carbocycles. The van der Waals surface area contributed by atoms with E-state index in [0.717, 1.165) is 0 Å². The van der Waals surface area contributed by atoms with E-state index in [1.165, 1.54) is 12.8 Å². The van der Waals surface area contributed by atoms with Gasteiger partial charge in [-0.3, -0.25) is 14.6 Å². The lowest BCUT2D eigenvalue weighted by atomic mass is 10.2. The average molecular weight is 224 g/mol. The predicted molar refractivity (Wildman–Crippen MR) is 58.5 cm³/mol. The number of esters is 1. The van der Waals surface area contributed by atoms with Crippen molar-refractivity contribution < 1.29 is 9.53 Å². The normalized spacial score (nSPS) is 15.1. The average Bonchev–Trinajstić information content (AvgIpc) is 2.97. The van der Waals surface area contributed by atoms with Crippen LogP contribution in [-0.2, 0) is 11.3 Å². The zero-order valence-electron chi connectivity index (χ0n) is 9.58. The Labute approximate surface area is 93.4 Å². The number of rotatable bonds is 4. The van der Waals surface area contributed by atoms with Gasteiger partial charge < -0.3 is 4.74 Å². The minimum Gasteiger partial charge on any atom is -0.461 e. The van der Waals surface area contributed by atoms with E-state index in [-0.39, 0.29) is 5.56 Å². The molecule has 0 aromatic carbocycles. The van der Waals surface area contributed by atoms with Crippen LogP contribution in [0.4, 0.5) is 0 Å². The summed E-state index contributed by atoms with van der Waals surface area (Å²) < 4.78 is 6.58. The van der Waals surface area contributed by atoms with Gasteiger partial charge in [0, 0.05) is 12.1 Å². The highest BCUT2D eigenvalue weighted by atomic mass is 16.5. The van der Waals surface area contributed by atoms with Gasteiger partial charge in [0.2, 0.25) is 0 Å². The van der Waals surface area contributed by atoms with Gasteiger partial charge in [0.1, 0.15) is 0 Å². The van der Waals surface area contributed by atoms with Crippen molar-refractivity contribution in [3.05, 3.63) is 21.6 Å². The Morgan fingerprint density at radius 1 is 1.56 bits per heavy atom. The second kappa shape index (κ2) is 4.15. The number of aromatic amines is 1. The van der Waals surface area contributed by atoms with Gasteiger partial charge in [0.05, 0.1) is 6.61 Å². The third kappa shape index (κ3) is 2.03. The molecule has 1 aliphatic rings. The number of carbonyl (C=O) groups is 1. The Kier molecular flexibility index (Phi) is 2.85. The molecule has 88 valence electrons. The lowest BCUT2D eigenvalue weighted by Crippen LogP contribution is -2.15. The smallest absolute Gasteiger partial charge is 0.356 e. The molecule has 2 rings (SSSR count). The van der Waals surface area contributed by atoms with Crippen molar-refractivity contribution in [1.29, 1.82) is 0 Å². The maximum Gasteiger partial charge on any atom is 0.356 e. The zero-order valence-corrected chi connectivity index (χ0v) is 9.58. The molecule has 1 heterocycles. The third-order valence-corrected chi connectivity index (χ3v) is 2.81. The molecule has 0 spiro atoms. The molecule has 0 unspecified atom stereocenters. The largest absolute Gasteiger partial charge is 0.461 e. The number of nitrogens with zero attached hydrogens (tertiary/aromatic N) is 1. The van der Waals surface area contributed by atoms with Gasteiger partial charge in [0.25, 0.3) is 5.56 Å². The Bertz CT molecular complexity index is 454. The highest BCUT2D eigenvalue weighted by Gasteiger charge is 2.26. The van der Waals surface area contributed by atoms with Gasteiger partial charge in [-0.15, -0.1) is 0 Å². The van der Waals surface area contributed by atoms with E-state index in [9.17, 15) is 9.59 Å². The van der Waals surface area contributed by atoms with Gasteiger partial charge >= 0.3 is 5.97 Å². The van der Waals surface area contributed by atoms with Crippen molar-refractivity contribution in [3.63, 3.8) is 0 Å². The van der Waals surface area contributed by atoms with Gasteiger partial charge in [-0.2, -0.15) is 0 Å². The molecule has 1 N–H and O–H groups in total. The first-order valence-corrected chi connectivity index (χ1v) is 5.60. The Morgan fingerprint density at radius 3 is 2.81 bits per heavy atom. The Hall–Kier alpha value is -1.52. The number of aromatic nitrogens is 2. The standard InChI is InChI=1S/C11H16N2O3/c1-3-16-11(15)9-7(2)10(14)12-13(9)6-8-4-5-8/h8H,3-6H2,1-2H3,(H,12,14). The first-order chi connectivity index (χ1) is 7.63. The molecule has 0 aliphatic heterocycles. The molecule has 1 saturated carbocycles. The fraction of sp³-hybridized carbons (Fsp3) is 0.636. The molecule has 5 nitrogen and oxygen atoms in total. The van der Waals surface area contributed by atoms with Crippen molar-refractivity contribution in [3.8, 4) is 0 Å². The van der Waals surface area contributed by atoms with Crippen LogP contribution < -0.4 is 5.56 Å². The first-order valence-electron chi connectivity index (χ1n) is 5.60. The van der Waals surface area contributed by atoms with Crippen LogP contribution in [0.25, 0.3) is 0 Å². The van der Waals surface area contributed by atoms with Gasteiger partial charge in [-0.05, 0) is 32.6 Å². The minimum absolute atomic E-state index is 0.205. The van der Waals surface area contributed by atoms with E-state index in [1.807, 2.05) is 0 Å². The Morgan fingerprint density at radius 2 is 2.25 bits per heavy atom. The number of ether oxygens (including phenoxy) is 1. The number of hydrogen-bond donors (Lipinski definition) is 1. The highest BCUT2D eigenvalue weighted by Crippen LogP contribution is 2.30. The molecule has 5 heteroatoms. The number of hydrogen-bond acceptors (Lipinski definition) is 3. The van der Waals surface area contributed by atoms with E-state index in [0.29, 0.717) is 30.3 Å². The molecule has 1 fully saturated rings. The van der Waals surface area contributed by atoms with Crippen molar-refractivity contribution in [1.82, 2.24) is 9.78 Å². The molecule has 1 aromatic rings. The van der Waals surface area contributed by atoms with Gasteiger partial charge in [-0.1, -0.05) is 0 Å². The Balaban J connectivity index is 2.31. The summed E-state index contributed by atoms with van der Waals surface area (Å²) in [5.74, 6) is 0.176. The van der Waals surface area contributed by atoms with Crippen LogP contribution in [0.2, 0.25) is 0 Å². The van der Waals surface area contributed by atoms with Crippen LogP contribution >= 0.6 is 0 Å². The van der Waals surface area contributed by atoms with Crippen molar-refractivity contribution in [2.75, 3.05) is 6.61 Å². The number of carbonyl (C=O) groups excluding carboxylic acids is 1. The summed E-state index contributed by atoms with van der Waals surface area (Å²) in [6.07, 6.45) is 2.34. The highest BCUT2D eigenvalue weighted by molar-refractivity contribution is 5.89. The van der Waals surface area contributed by atoms with E-state index in [1.54, 1.807) is 18.5 Å². The molecule has 0 saturated heterocycles. The van der Waals surface area contributed by atoms with Crippen molar-refractivity contribution >= 4 is 5.97 Å². The van der Waals surface area contributed by atoms with Crippen LogP contribution in [0, 0.1) is 12.8 Å². The molecule has 0 atom stereocenters. The maximum absolute atomic E-state index is 11.7. The SMILES string of the molecule is CCOC(=O)c1c(C)c(=O)[nH]n1CC1CC1. The number of H-pyrrole nitrogens is 1. The maximum atomic E-state index is 11.7. The lowest BCUT2D eigenvalue weighted by molar-refractivity contribution is 0.0510. The molecule has 16 heavy (non-hydrogen) atoms. The molecular weight excluding hydrogens is 208 g/mol.